The zero-order valence-corrected chi connectivity index (χ0v) is 6.84. The summed E-state index contributed by atoms with van der Waals surface area (Å²) >= 11 is 0. The molecular weight excluding hydrogens is 140 g/mol. The second kappa shape index (κ2) is 1.84. The maximum atomic E-state index is 4.30. The third-order valence-corrected chi connectivity index (χ3v) is 1.99. The van der Waals surface area contributed by atoms with Crippen LogP contribution in [0.25, 0.3) is 5.65 Å². The van der Waals surface area contributed by atoms with Crippen molar-refractivity contribution in [3.05, 3.63) is 17.1 Å². The minimum absolute atomic E-state index is 0.899. The van der Waals surface area contributed by atoms with Gasteiger partial charge in [-0.2, -0.15) is 14.7 Å². The van der Waals surface area contributed by atoms with Gasteiger partial charge < -0.3 is 0 Å². The molecule has 0 bridgehead atoms. The molecule has 0 aliphatic rings. The Morgan fingerprint density at radius 1 is 1.27 bits per heavy atom. The summed E-state index contributed by atoms with van der Waals surface area (Å²) in [5, 5.41) is 11.3. The topological polar surface area (TPSA) is 46.0 Å². The van der Waals surface area contributed by atoms with Crippen LogP contribution in [-0.2, 0) is 0 Å². The van der Waals surface area contributed by atoms with Gasteiger partial charge in [-0.3, -0.25) is 5.10 Å². The van der Waals surface area contributed by atoms with Crippen LogP contribution in [0.4, 0.5) is 0 Å². The van der Waals surface area contributed by atoms with Gasteiger partial charge in [0.25, 0.3) is 0 Å². The molecular formula is C7H10N4. The molecule has 58 valence electrons. The van der Waals surface area contributed by atoms with Crippen molar-refractivity contribution in [2.45, 2.75) is 20.8 Å². The summed E-state index contributed by atoms with van der Waals surface area (Å²) in [5.41, 5.74) is 3.23. The number of hydrogen-bond acceptors (Lipinski definition) is 2. The third kappa shape index (κ3) is 0.691. The molecule has 0 radical (unpaired) electrons. The number of aromatic amines is 1. The molecule has 0 spiro atoms. The lowest BCUT2D eigenvalue weighted by Crippen LogP contribution is -1.87. The molecule has 0 aliphatic carbocycles. The summed E-state index contributed by atoms with van der Waals surface area (Å²) < 4.78 is 1.82. The highest BCUT2D eigenvalue weighted by atomic mass is 15.4. The van der Waals surface area contributed by atoms with E-state index < -0.39 is 0 Å². The molecule has 4 nitrogen and oxygen atoms in total. The lowest BCUT2D eigenvalue weighted by molar-refractivity contribution is 0.875. The van der Waals surface area contributed by atoms with Crippen LogP contribution in [0, 0.1) is 20.8 Å². The fourth-order valence-electron chi connectivity index (χ4n) is 1.15. The predicted molar refractivity (Wildman–Crippen MR) is 41.5 cm³/mol. The number of aromatic nitrogens is 4. The molecule has 2 aromatic heterocycles. The van der Waals surface area contributed by atoms with E-state index in [1.54, 1.807) is 0 Å². The van der Waals surface area contributed by atoms with E-state index in [2.05, 4.69) is 15.3 Å². The Morgan fingerprint density at radius 2 is 2.00 bits per heavy atom. The first kappa shape index (κ1) is 6.39. The Balaban J connectivity index is 2.93. The molecule has 0 fully saturated rings. The SMILES string of the molecule is Cc1nn2c(C)n[nH]c2c1C. The van der Waals surface area contributed by atoms with Crippen LogP contribution in [0.3, 0.4) is 0 Å². The van der Waals surface area contributed by atoms with Crippen LogP contribution in [0.5, 0.6) is 0 Å². The van der Waals surface area contributed by atoms with Crippen LogP contribution in [0.15, 0.2) is 0 Å². The molecule has 0 unspecified atom stereocenters. The van der Waals surface area contributed by atoms with Gasteiger partial charge in [0.05, 0.1) is 5.69 Å². The van der Waals surface area contributed by atoms with Crippen molar-refractivity contribution in [1.29, 1.82) is 0 Å². The zero-order valence-electron chi connectivity index (χ0n) is 6.84. The Kier molecular flexibility index (Phi) is 1.07. The Bertz CT molecular complexity index is 396. The monoisotopic (exact) mass is 150 g/mol. The van der Waals surface area contributed by atoms with Crippen LogP contribution >= 0.6 is 0 Å². The lowest BCUT2D eigenvalue weighted by atomic mass is 10.3. The maximum Gasteiger partial charge on any atom is 0.154 e. The molecule has 11 heavy (non-hydrogen) atoms. The molecule has 2 heterocycles. The number of H-pyrrole nitrogens is 1. The van der Waals surface area contributed by atoms with Crippen molar-refractivity contribution in [2.75, 3.05) is 0 Å². The third-order valence-electron chi connectivity index (χ3n) is 1.99. The van der Waals surface area contributed by atoms with E-state index in [1.165, 1.54) is 5.56 Å². The van der Waals surface area contributed by atoms with Gasteiger partial charge in [-0.25, -0.2) is 0 Å². The Morgan fingerprint density at radius 3 is 2.64 bits per heavy atom. The van der Waals surface area contributed by atoms with Gasteiger partial charge >= 0.3 is 0 Å². The molecule has 0 atom stereocenters. The fourth-order valence-corrected chi connectivity index (χ4v) is 1.15. The summed E-state index contributed by atoms with van der Waals surface area (Å²) in [7, 11) is 0. The quantitative estimate of drug-likeness (QED) is 0.608. The maximum absolute atomic E-state index is 4.30. The average Bonchev–Trinajstić information content (AvgIpc) is 2.43. The van der Waals surface area contributed by atoms with E-state index in [9.17, 15) is 0 Å². The number of nitrogens with zero attached hydrogens (tertiary/aromatic N) is 3. The predicted octanol–water partition coefficient (Wildman–Crippen LogP) is 0.983. The van der Waals surface area contributed by atoms with Crippen molar-refractivity contribution in [3.8, 4) is 0 Å². The zero-order chi connectivity index (χ0) is 8.01. The second-order valence-electron chi connectivity index (χ2n) is 2.74. The van der Waals surface area contributed by atoms with Crippen molar-refractivity contribution >= 4 is 5.65 Å². The summed E-state index contributed by atoms with van der Waals surface area (Å²) in [6.07, 6.45) is 0. The standard InChI is InChI=1S/C7H10N4/c1-4-5(2)10-11-6(3)8-9-7(4)11/h9H,1-3H3. The minimum Gasteiger partial charge on any atom is -0.259 e. The second-order valence-corrected chi connectivity index (χ2v) is 2.74. The summed E-state index contributed by atoms with van der Waals surface area (Å²) in [4.78, 5) is 0. The van der Waals surface area contributed by atoms with E-state index in [1.807, 2.05) is 25.3 Å². The largest absolute Gasteiger partial charge is 0.259 e. The summed E-state index contributed by atoms with van der Waals surface area (Å²) in [5.74, 6) is 0.899. The van der Waals surface area contributed by atoms with Crippen molar-refractivity contribution in [3.63, 3.8) is 0 Å². The molecule has 0 aromatic carbocycles. The molecule has 1 N–H and O–H groups in total. The summed E-state index contributed by atoms with van der Waals surface area (Å²) in [6.45, 7) is 5.96. The van der Waals surface area contributed by atoms with Gasteiger partial charge in [0.2, 0.25) is 0 Å². The first-order chi connectivity index (χ1) is 5.20. The van der Waals surface area contributed by atoms with Crippen molar-refractivity contribution < 1.29 is 0 Å². The number of aryl methyl sites for hydroxylation is 3. The molecule has 0 aliphatic heterocycles. The number of fused-ring (bicyclic) bond motifs is 1. The number of rotatable bonds is 0. The number of hydrogen-bond donors (Lipinski definition) is 1. The summed E-state index contributed by atoms with van der Waals surface area (Å²) in [6, 6.07) is 0. The van der Waals surface area contributed by atoms with Crippen molar-refractivity contribution in [2.24, 2.45) is 0 Å². The van der Waals surface area contributed by atoms with Gasteiger partial charge in [0.15, 0.2) is 5.65 Å². The van der Waals surface area contributed by atoms with Gasteiger partial charge in [-0.05, 0) is 20.8 Å². The van der Waals surface area contributed by atoms with Crippen LogP contribution in [-0.4, -0.2) is 19.8 Å². The minimum atomic E-state index is 0.899. The van der Waals surface area contributed by atoms with E-state index in [4.69, 9.17) is 0 Å². The van der Waals surface area contributed by atoms with E-state index in [-0.39, 0.29) is 0 Å². The van der Waals surface area contributed by atoms with Gasteiger partial charge in [0.1, 0.15) is 5.82 Å². The molecule has 0 saturated carbocycles. The lowest BCUT2D eigenvalue weighted by Gasteiger charge is -1.81. The highest BCUT2D eigenvalue weighted by Gasteiger charge is 2.07. The molecule has 4 heteroatoms. The first-order valence-corrected chi connectivity index (χ1v) is 3.57. The van der Waals surface area contributed by atoms with E-state index in [0.717, 1.165) is 17.2 Å². The van der Waals surface area contributed by atoms with Crippen LogP contribution in [0.1, 0.15) is 17.1 Å². The molecule has 0 saturated heterocycles. The van der Waals surface area contributed by atoms with Gasteiger partial charge in [-0.15, -0.1) is 0 Å². The highest BCUT2D eigenvalue weighted by molar-refractivity contribution is 5.48. The first-order valence-electron chi connectivity index (χ1n) is 3.57. The molecule has 0 amide bonds. The smallest absolute Gasteiger partial charge is 0.154 e. The Labute approximate surface area is 64.2 Å². The fraction of sp³-hybridized carbons (Fsp3) is 0.429. The highest BCUT2D eigenvalue weighted by Crippen LogP contribution is 2.11. The average molecular weight is 150 g/mol. The van der Waals surface area contributed by atoms with Gasteiger partial charge in [-0.1, -0.05) is 0 Å². The van der Waals surface area contributed by atoms with E-state index in [0.29, 0.717) is 0 Å². The molecule has 2 aromatic rings. The molecule has 2 rings (SSSR count). The van der Waals surface area contributed by atoms with Crippen LogP contribution in [0.2, 0.25) is 0 Å². The Hall–Kier alpha value is -1.32. The van der Waals surface area contributed by atoms with Crippen LogP contribution < -0.4 is 0 Å². The van der Waals surface area contributed by atoms with Gasteiger partial charge in [0, 0.05) is 5.56 Å². The van der Waals surface area contributed by atoms with E-state index >= 15 is 0 Å². The number of nitrogens with one attached hydrogen (secondary N) is 1. The normalized spacial score (nSPS) is 11.2. The van der Waals surface area contributed by atoms with Crippen molar-refractivity contribution in [1.82, 2.24) is 19.8 Å².